The summed E-state index contributed by atoms with van der Waals surface area (Å²) >= 11 is 0. The number of phenolic OH excluding ortho intramolecular Hbond substituents is 1. The van der Waals surface area contributed by atoms with Gasteiger partial charge in [0.1, 0.15) is 0 Å². The molecule has 2 N–H and O–H groups in total. The van der Waals surface area contributed by atoms with Crippen molar-refractivity contribution in [2.45, 2.75) is 32.4 Å². The molecule has 1 atom stereocenters. The molecule has 2 aromatic carbocycles. The Bertz CT molecular complexity index is 666. The molecule has 1 heterocycles. The monoisotopic (exact) mass is 341 g/mol. The molecule has 1 aliphatic heterocycles. The molecule has 0 radical (unpaired) electrons. The predicted octanol–water partition coefficient (Wildman–Crippen LogP) is 3.74. The number of aliphatic hydroxyl groups excluding tert-OH is 1. The first-order chi connectivity index (χ1) is 12.2. The Kier molecular flexibility index (Phi) is 5.95. The van der Waals surface area contributed by atoms with E-state index in [1.807, 2.05) is 49.4 Å². The Morgan fingerprint density at radius 1 is 1.08 bits per heavy atom. The zero-order valence-electron chi connectivity index (χ0n) is 14.8. The number of rotatable bonds is 6. The van der Waals surface area contributed by atoms with Crippen LogP contribution in [-0.2, 0) is 6.54 Å². The third kappa shape index (κ3) is 4.33. The highest BCUT2D eigenvalue weighted by Crippen LogP contribution is 2.34. The van der Waals surface area contributed by atoms with E-state index in [1.54, 1.807) is 6.07 Å². The first-order valence-corrected chi connectivity index (χ1v) is 9.08. The average Bonchev–Trinajstić information content (AvgIpc) is 2.66. The van der Waals surface area contributed by atoms with Crippen molar-refractivity contribution in [3.8, 4) is 11.5 Å². The van der Waals surface area contributed by atoms with Crippen molar-refractivity contribution in [3.05, 3.63) is 59.7 Å². The summed E-state index contributed by atoms with van der Waals surface area (Å²) in [6.07, 6.45) is 1.53. The molecule has 3 rings (SSSR count). The molecule has 134 valence electrons. The molecular formula is C21H27NO3. The number of benzene rings is 2. The molecule has 4 nitrogen and oxygen atoms in total. The molecule has 0 aromatic heterocycles. The van der Waals surface area contributed by atoms with Gasteiger partial charge in [-0.05, 0) is 50.4 Å². The minimum absolute atomic E-state index is 0.246. The number of hydrogen-bond acceptors (Lipinski definition) is 4. The van der Waals surface area contributed by atoms with Gasteiger partial charge in [-0.15, -0.1) is 0 Å². The second-order valence-electron chi connectivity index (χ2n) is 6.67. The van der Waals surface area contributed by atoms with Crippen LogP contribution in [0.4, 0.5) is 0 Å². The molecule has 1 aliphatic rings. The number of likely N-dealkylation sites (tertiary alicyclic amines) is 1. The van der Waals surface area contributed by atoms with E-state index in [0.717, 1.165) is 37.1 Å². The molecule has 0 aliphatic carbocycles. The van der Waals surface area contributed by atoms with Crippen molar-refractivity contribution in [1.82, 2.24) is 4.90 Å². The van der Waals surface area contributed by atoms with Crippen LogP contribution in [0.25, 0.3) is 0 Å². The molecular weight excluding hydrogens is 314 g/mol. The van der Waals surface area contributed by atoms with Gasteiger partial charge in [-0.25, -0.2) is 0 Å². The number of nitrogens with zero attached hydrogens (tertiary/aromatic N) is 1. The topological polar surface area (TPSA) is 52.9 Å². The minimum atomic E-state index is -0.391. The molecule has 4 heteroatoms. The third-order valence-corrected chi connectivity index (χ3v) is 5.00. The van der Waals surface area contributed by atoms with E-state index in [2.05, 4.69) is 4.90 Å². The molecule has 1 saturated heterocycles. The molecule has 25 heavy (non-hydrogen) atoms. The predicted molar refractivity (Wildman–Crippen MR) is 98.7 cm³/mol. The van der Waals surface area contributed by atoms with E-state index < -0.39 is 6.10 Å². The van der Waals surface area contributed by atoms with Crippen LogP contribution < -0.4 is 4.74 Å². The maximum absolute atomic E-state index is 10.6. The number of ether oxygens (including phenoxy) is 1. The summed E-state index contributed by atoms with van der Waals surface area (Å²) in [5.74, 6) is 1.09. The fourth-order valence-electron chi connectivity index (χ4n) is 3.56. The van der Waals surface area contributed by atoms with Crippen molar-refractivity contribution in [2.24, 2.45) is 5.92 Å². The minimum Gasteiger partial charge on any atom is -0.504 e. The maximum Gasteiger partial charge on any atom is 0.162 e. The number of hydrogen-bond donors (Lipinski definition) is 2. The van der Waals surface area contributed by atoms with E-state index in [-0.39, 0.29) is 5.75 Å². The quantitative estimate of drug-likeness (QED) is 0.840. The first-order valence-electron chi connectivity index (χ1n) is 9.08. The molecule has 1 unspecified atom stereocenters. The fraction of sp³-hybridized carbons (Fsp3) is 0.429. The lowest BCUT2D eigenvalue weighted by atomic mass is 9.87. The van der Waals surface area contributed by atoms with E-state index in [9.17, 15) is 10.2 Å². The lowest BCUT2D eigenvalue weighted by molar-refractivity contribution is 0.0565. The first kappa shape index (κ1) is 17.8. The van der Waals surface area contributed by atoms with Crippen LogP contribution in [0.3, 0.4) is 0 Å². The normalized spacial score (nSPS) is 17.4. The lowest BCUT2D eigenvalue weighted by Crippen LogP contribution is -2.35. The summed E-state index contributed by atoms with van der Waals surface area (Å²) in [6.45, 7) is 5.01. The molecule has 0 spiro atoms. The van der Waals surface area contributed by atoms with Crippen molar-refractivity contribution in [1.29, 1.82) is 0 Å². The van der Waals surface area contributed by atoms with E-state index >= 15 is 0 Å². The molecule has 0 bridgehead atoms. The smallest absolute Gasteiger partial charge is 0.162 e. The van der Waals surface area contributed by atoms with Gasteiger partial charge in [0, 0.05) is 12.1 Å². The summed E-state index contributed by atoms with van der Waals surface area (Å²) in [6, 6.07) is 15.6. The Morgan fingerprint density at radius 3 is 2.48 bits per heavy atom. The molecule has 2 aromatic rings. The van der Waals surface area contributed by atoms with Gasteiger partial charge in [-0.1, -0.05) is 42.5 Å². The highest BCUT2D eigenvalue weighted by Gasteiger charge is 2.26. The Balaban J connectivity index is 1.57. The van der Waals surface area contributed by atoms with Crippen LogP contribution in [0, 0.1) is 5.92 Å². The zero-order valence-corrected chi connectivity index (χ0v) is 14.8. The number of aliphatic hydroxyl groups is 1. The van der Waals surface area contributed by atoms with Gasteiger partial charge in [-0.3, -0.25) is 4.90 Å². The second kappa shape index (κ2) is 8.37. The Hall–Kier alpha value is -2.04. The summed E-state index contributed by atoms with van der Waals surface area (Å²) in [7, 11) is 0. The van der Waals surface area contributed by atoms with Crippen LogP contribution in [0.5, 0.6) is 11.5 Å². The number of aromatic hydroxyl groups is 1. The number of para-hydroxylation sites is 1. The SMILES string of the molecule is CCOc1cccc(CN2CCC(C(O)c3ccccc3)CC2)c1O. The molecule has 0 amide bonds. The summed E-state index contributed by atoms with van der Waals surface area (Å²) in [4.78, 5) is 2.33. The van der Waals surface area contributed by atoms with Crippen molar-refractivity contribution < 1.29 is 14.9 Å². The van der Waals surface area contributed by atoms with Crippen LogP contribution in [0.2, 0.25) is 0 Å². The third-order valence-electron chi connectivity index (χ3n) is 5.00. The summed E-state index contributed by atoms with van der Waals surface area (Å²) in [5.41, 5.74) is 1.90. The largest absolute Gasteiger partial charge is 0.504 e. The van der Waals surface area contributed by atoms with Crippen LogP contribution in [0.1, 0.15) is 37.0 Å². The molecule has 0 saturated carbocycles. The standard InChI is InChI=1S/C21H27NO3/c1-2-25-19-10-6-9-18(21(19)24)15-22-13-11-17(12-14-22)20(23)16-7-4-3-5-8-16/h3-10,17,20,23-24H,2,11-15H2,1H3. The second-order valence-corrected chi connectivity index (χ2v) is 6.67. The Labute approximate surface area is 149 Å². The summed E-state index contributed by atoms with van der Waals surface area (Å²) < 4.78 is 5.46. The highest BCUT2D eigenvalue weighted by molar-refractivity contribution is 5.45. The van der Waals surface area contributed by atoms with Crippen LogP contribution in [0.15, 0.2) is 48.5 Å². The maximum atomic E-state index is 10.6. The van der Waals surface area contributed by atoms with Crippen molar-refractivity contribution in [2.75, 3.05) is 19.7 Å². The van der Waals surface area contributed by atoms with Crippen molar-refractivity contribution in [3.63, 3.8) is 0 Å². The van der Waals surface area contributed by atoms with E-state index in [4.69, 9.17) is 4.74 Å². The number of piperidine rings is 1. The average molecular weight is 341 g/mol. The van der Waals surface area contributed by atoms with Crippen LogP contribution in [-0.4, -0.2) is 34.8 Å². The van der Waals surface area contributed by atoms with Gasteiger partial charge in [-0.2, -0.15) is 0 Å². The van der Waals surface area contributed by atoms with E-state index in [1.165, 1.54) is 0 Å². The molecule has 1 fully saturated rings. The summed E-state index contributed by atoms with van der Waals surface area (Å²) in [5, 5.41) is 20.9. The van der Waals surface area contributed by atoms with Gasteiger partial charge in [0.15, 0.2) is 11.5 Å². The van der Waals surface area contributed by atoms with Gasteiger partial charge < -0.3 is 14.9 Å². The lowest BCUT2D eigenvalue weighted by Gasteiger charge is -2.34. The van der Waals surface area contributed by atoms with Gasteiger partial charge in [0.2, 0.25) is 0 Å². The Morgan fingerprint density at radius 2 is 1.80 bits per heavy atom. The van der Waals surface area contributed by atoms with Gasteiger partial charge in [0.05, 0.1) is 12.7 Å². The van der Waals surface area contributed by atoms with Crippen LogP contribution >= 0.6 is 0 Å². The van der Waals surface area contributed by atoms with Crippen molar-refractivity contribution >= 4 is 0 Å². The van der Waals surface area contributed by atoms with Gasteiger partial charge in [0.25, 0.3) is 0 Å². The highest BCUT2D eigenvalue weighted by atomic mass is 16.5. The van der Waals surface area contributed by atoms with Gasteiger partial charge >= 0.3 is 0 Å². The fourth-order valence-corrected chi connectivity index (χ4v) is 3.56. The number of phenols is 1. The zero-order chi connectivity index (χ0) is 17.6. The van der Waals surface area contributed by atoms with E-state index in [0.29, 0.717) is 24.8 Å².